The number of nitrogens with zero attached hydrogens (tertiary/aromatic N) is 2. The van der Waals surface area contributed by atoms with E-state index < -0.39 is 17.6 Å². The number of aromatic nitrogens is 1. The summed E-state index contributed by atoms with van der Waals surface area (Å²) >= 11 is 0. The molecule has 3 rings (SSSR count). The highest BCUT2D eigenvalue weighted by Gasteiger charge is 2.45. The molecule has 7 nitrogen and oxygen atoms in total. The second kappa shape index (κ2) is 10.5. The van der Waals surface area contributed by atoms with Crippen molar-refractivity contribution in [3.8, 4) is 23.1 Å². The number of rotatable bonds is 9. The van der Waals surface area contributed by atoms with Crippen molar-refractivity contribution in [3.63, 3.8) is 0 Å². The lowest BCUT2D eigenvalue weighted by Crippen LogP contribution is -2.45. The number of amides is 1. The molecule has 2 aromatic carbocycles. The quantitative estimate of drug-likeness (QED) is 0.329. The topological polar surface area (TPSA) is 85.5 Å². The Bertz CT molecular complexity index is 1270. The van der Waals surface area contributed by atoms with E-state index in [2.05, 4.69) is 16.0 Å². The van der Waals surface area contributed by atoms with Gasteiger partial charge in [-0.05, 0) is 57.5 Å². The maximum Gasteiger partial charge on any atom is 0.412 e. The number of ether oxygens (including phenoxy) is 3. The summed E-state index contributed by atoms with van der Waals surface area (Å²) < 4.78 is 45.1. The Labute approximate surface area is 209 Å². The zero-order chi connectivity index (χ0) is 26.7. The Morgan fingerprint density at radius 3 is 2.33 bits per heavy atom. The lowest BCUT2D eigenvalue weighted by atomic mass is 10.0. The minimum atomic E-state index is -3.21. The minimum absolute atomic E-state index is 0.0320. The number of methoxy groups -OCH3 is 1. The molecule has 1 heterocycles. The van der Waals surface area contributed by atoms with E-state index in [-0.39, 0.29) is 6.04 Å². The van der Waals surface area contributed by atoms with E-state index in [0.717, 1.165) is 36.0 Å². The maximum absolute atomic E-state index is 13.7. The van der Waals surface area contributed by atoms with Crippen molar-refractivity contribution in [2.24, 2.45) is 0 Å². The van der Waals surface area contributed by atoms with Gasteiger partial charge < -0.3 is 18.8 Å². The summed E-state index contributed by atoms with van der Waals surface area (Å²) in [6.07, 6.45) is -0.982. The van der Waals surface area contributed by atoms with E-state index in [1.54, 1.807) is 31.4 Å². The first-order chi connectivity index (χ1) is 16.9. The van der Waals surface area contributed by atoms with E-state index in [0.29, 0.717) is 37.1 Å². The van der Waals surface area contributed by atoms with Crippen molar-refractivity contribution in [1.29, 1.82) is 5.26 Å². The molecule has 0 saturated heterocycles. The SMILES string of the molecule is COCCOc1ccc2c(C#N)c(-c3ccc(NC(=O)OC(C)(C)C(C)(F)F)cc3)n(C(C)C)c2c1. The summed E-state index contributed by atoms with van der Waals surface area (Å²) in [6.45, 7) is 7.93. The molecule has 3 aromatic rings. The molecule has 36 heavy (non-hydrogen) atoms. The number of fused-ring (bicyclic) bond motifs is 1. The Hall–Kier alpha value is -3.64. The van der Waals surface area contributed by atoms with Crippen LogP contribution < -0.4 is 10.1 Å². The summed E-state index contributed by atoms with van der Waals surface area (Å²) in [6, 6.07) is 14.8. The molecule has 0 saturated carbocycles. The van der Waals surface area contributed by atoms with Crippen LogP contribution in [0.4, 0.5) is 19.3 Å². The highest BCUT2D eigenvalue weighted by atomic mass is 19.3. The second-order valence-electron chi connectivity index (χ2n) is 9.31. The molecule has 0 aliphatic rings. The third kappa shape index (κ3) is 5.60. The predicted molar refractivity (Wildman–Crippen MR) is 135 cm³/mol. The van der Waals surface area contributed by atoms with Crippen LogP contribution in [0.3, 0.4) is 0 Å². The molecule has 1 aromatic heterocycles. The second-order valence-corrected chi connectivity index (χ2v) is 9.31. The van der Waals surface area contributed by atoms with Crippen LogP contribution in [-0.4, -0.2) is 42.5 Å². The van der Waals surface area contributed by atoms with Crippen molar-refractivity contribution < 1.29 is 27.8 Å². The van der Waals surface area contributed by atoms with Crippen LogP contribution in [0.1, 0.15) is 46.2 Å². The number of nitrogens with one attached hydrogen (secondary N) is 1. The van der Waals surface area contributed by atoms with Crippen LogP contribution in [-0.2, 0) is 9.47 Å². The van der Waals surface area contributed by atoms with Gasteiger partial charge in [-0.25, -0.2) is 13.6 Å². The Kier molecular flexibility index (Phi) is 7.89. The van der Waals surface area contributed by atoms with E-state index in [9.17, 15) is 18.8 Å². The Morgan fingerprint density at radius 2 is 1.78 bits per heavy atom. The molecule has 0 aliphatic carbocycles. The molecule has 0 fully saturated rings. The molecule has 0 aliphatic heterocycles. The number of halogens is 2. The number of alkyl halides is 2. The molecular weight excluding hydrogens is 468 g/mol. The highest BCUT2D eigenvalue weighted by molar-refractivity contribution is 5.95. The fourth-order valence-corrected chi connectivity index (χ4v) is 3.73. The molecule has 0 bridgehead atoms. The van der Waals surface area contributed by atoms with Gasteiger partial charge >= 0.3 is 6.09 Å². The normalized spacial score (nSPS) is 12.0. The third-order valence-corrected chi connectivity index (χ3v) is 5.97. The van der Waals surface area contributed by atoms with Gasteiger partial charge in [-0.3, -0.25) is 5.32 Å². The first-order valence-electron chi connectivity index (χ1n) is 11.6. The van der Waals surface area contributed by atoms with E-state index in [4.69, 9.17) is 14.2 Å². The van der Waals surface area contributed by atoms with Gasteiger partial charge in [0.2, 0.25) is 0 Å². The first-order valence-corrected chi connectivity index (χ1v) is 11.6. The van der Waals surface area contributed by atoms with Crippen LogP contribution >= 0.6 is 0 Å². The van der Waals surface area contributed by atoms with E-state index in [1.165, 1.54) is 0 Å². The number of anilines is 1. The van der Waals surface area contributed by atoms with Crippen LogP contribution in [0.25, 0.3) is 22.2 Å². The summed E-state index contributed by atoms with van der Waals surface area (Å²) in [7, 11) is 1.61. The molecule has 0 unspecified atom stereocenters. The summed E-state index contributed by atoms with van der Waals surface area (Å²) in [5, 5.41) is 13.3. The van der Waals surface area contributed by atoms with Gasteiger partial charge in [-0.1, -0.05) is 12.1 Å². The smallest absolute Gasteiger partial charge is 0.412 e. The minimum Gasteiger partial charge on any atom is -0.491 e. The van der Waals surface area contributed by atoms with Crippen molar-refractivity contribution in [2.75, 3.05) is 25.6 Å². The molecule has 192 valence electrons. The number of carbonyl (C=O) groups excluding carboxylic acids is 1. The van der Waals surface area contributed by atoms with Crippen molar-refractivity contribution in [3.05, 3.63) is 48.0 Å². The standard InChI is InChI=1S/C27H31F2N3O4/c1-17(2)32-23-15-20(35-14-13-34-6)11-12-21(23)22(16-30)24(32)18-7-9-19(10-8-18)31-25(33)36-26(3,4)27(5,28)29/h7-12,15,17H,13-14H2,1-6H3,(H,31,33). The lowest BCUT2D eigenvalue weighted by Gasteiger charge is -2.30. The van der Waals surface area contributed by atoms with E-state index >= 15 is 0 Å². The molecule has 1 N–H and O–H groups in total. The van der Waals surface area contributed by atoms with Gasteiger partial charge in [0.1, 0.15) is 18.4 Å². The molecule has 9 heteroatoms. The molecule has 1 amide bonds. The lowest BCUT2D eigenvalue weighted by molar-refractivity contribution is -0.147. The van der Waals surface area contributed by atoms with Crippen LogP contribution in [0.2, 0.25) is 0 Å². The molecule has 0 atom stereocenters. The fraction of sp³-hybridized carbons (Fsp3) is 0.407. The van der Waals surface area contributed by atoms with Gasteiger partial charge in [-0.15, -0.1) is 0 Å². The highest BCUT2D eigenvalue weighted by Crippen LogP contribution is 2.38. The average Bonchev–Trinajstić information content (AvgIpc) is 3.12. The Morgan fingerprint density at radius 1 is 1.11 bits per heavy atom. The van der Waals surface area contributed by atoms with Gasteiger partial charge in [0.05, 0.1) is 23.4 Å². The summed E-state index contributed by atoms with van der Waals surface area (Å²) in [5.74, 6) is -2.53. The summed E-state index contributed by atoms with van der Waals surface area (Å²) in [5.41, 5.74) is 1.28. The van der Waals surface area contributed by atoms with Gasteiger partial charge in [0.25, 0.3) is 5.92 Å². The van der Waals surface area contributed by atoms with Gasteiger partial charge in [-0.2, -0.15) is 5.26 Å². The molecule has 0 radical (unpaired) electrons. The maximum atomic E-state index is 13.7. The van der Waals surface area contributed by atoms with Gasteiger partial charge in [0.15, 0.2) is 5.60 Å². The largest absolute Gasteiger partial charge is 0.491 e. The van der Waals surface area contributed by atoms with Crippen molar-refractivity contribution in [1.82, 2.24) is 4.57 Å². The number of carbonyl (C=O) groups is 1. The summed E-state index contributed by atoms with van der Waals surface area (Å²) in [4.78, 5) is 12.2. The van der Waals surface area contributed by atoms with Crippen LogP contribution in [0, 0.1) is 11.3 Å². The number of nitriles is 1. The monoisotopic (exact) mass is 499 g/mol. The first kappa shape index (κ1) is 27.0. The molecular formula is C27H31F2N3O4. The van der Waals surface area contributed by atoms with Crippen molar-refractivity contribution >= 4 is 22.7 Å². The Balaban J connectivity index is 1.94. The number of hydrogen-bond acceptors (Lipinski definition) is 5. The zero-order valence-corrected chi connectivity index (χ0v) is 21.3. The fourth-order valence-electron chi connectivity index (χ4n) is 3.73. The van der Waals surface area contributed by atoms with Crippen LogP contribution in [0.15, 0.2) is 42.5 Å². The number of benzene rings is 2. The zero-order valence-electron chi connectivity index (χ0n) is 21.3. The van der Waals surface area contributed by atoms with Gasteiger partial charge in [0, 0.05) is 37.2 Å². The number of hydrogen-bond donors (Lipinski definition) is 1. The van der Waals surface area contributed by atoms with E-state index in [1.807, 2.05) is 32.0 Å². The predicted octanol–water partition coefficient (Wildman–Crippen LogP) is 6.77. The average molecular weight is 500 g/mol. The van der Waals surface area contributed by atoms with Crippen molar-refractivity contribution in [2.45, 2.75) is 52.2 Å². The third-order valence-electron chi connectivity index (χ3n) is 5.97. The molecule has 0 spiro atoms. The van der Waals surface area contributed by atoms with Crippen LogP contribution in [0.5, 0.6) is 5.75 Å².